The number of methoxy groups -OCH3 is 1. The lowest BCUT2D eigenvalue weighted by Crippen LogP contribution is -2.17. The van der Waals surface area contributed by atoms with Crippen molar-refractivity contribution < 1.29 is 4.74 Å². The van der Waals surface area contributed by atoms with Gasteiger partial charge in [0, 0.05) is 23.2 Å². The third-order valence-electron chi connectivity index (χ3n) is 2.74. The zero-order valence-electron chi connectivity index (χ0n) is 10.5. The maximum absolute atomic E-state index is 5.82. The normalized spacial score (nSPS) is 12.7. The van der Waals surface area contributed by atoms with Crippen molar-refractivity contribution >= 4 is 10.9 Å². The van der Waals surface area contributed by atoms with E-state index in [2.05, 4.69) is 17.1 Å². The molecule has 0 saturated heterocycles. The van der Waals surface area contributed by atoms with E-state index in [1.165, 1.54) is 5.56 Å². The molecule has 0 aliphatic rings. The number of rotatable bonds is 3. The van der Waals surface area contributed by atoms with Gasteiger partial charge in [-0.05, 0) is 38.0 Å². The third kappa shape index (κ3) is 2.56. The van der Waals surface area contributed by atoms with E-state index in [-0.39, 0.29) is 6.04 Å². The third-order valence-corrected chi connectivity index (χ3v) is 2.74. The summed E-state index contributed by atoms with van der Waals surface area (Å²) in [6.07, 6.45) is 0.868. The quantitative estimate of drug-likeness (QED) is 0.881. The number of hydrogen-bond donors (Lipinski definition) is 1. The molecule has 0 aliphatic carbocycles. The summed E-state index contributed by atoms with van der Waals surface area (Å²) < 4.78 is 5.40. The summed E-state index contributed by atoms with van der Waals surface area (Å²) in [4.78, 5) is 4.49. The van der Waals surface area contributed by atoms with Gasteiger partial charge in [-0.2, -0.15) is 0 Å². The van der Waals surface area contributed by atoms with E-state index < -0.39 is 0 Å². The second kappa shape index (κ2) is 4.72. The van der Waals surface area contributed by atoms with E-state index in [4.69, 9.17) is 10.5 Å². The standard InChI is InChI=1S/C14H18N2O/c1-9(15)6-11-4-5-13-12(8-11)14(17-3)7-10(2)16-13/h4-5,7-9H,6,15H2,1-3H3. The molecule has 1 heterocycles. The molecule has 1 unspecified atom stereocenters. The van der Waals surface area contributed by atoms with Crippen LogP contribution in [0.5, 0.6) is 5.75 Å². The van der Waals surface area contributed by atoms with Crippen molar-refractivity contribution in [1.29, 1.82) is 0 Å². The van der Waals surface area contributed by atoms with Gasteiger partial charge in [-0.25, -0.2) is 0 Å². The lowest BCUT2D eigenvalue weighted by molar-refractivity contribution is 0.419. The van der Waals surface area contributed by atoms with Gasteiger partial charge < -0.3 is 10.5 Å². The molecule has 0 spiro atoms. The molecule has 0 aliphatic heterocycles. The number of aryl methyl sites for hydroxylation is 1. The summed E-state index contributed by atoms with van der Waals surface area (Å²) in [5, 5.41) is 1.05. The molecule has 0 bridgehead atoms. The lowest BCUT2D eigenvalue weighted by Gasteiger charge is -2.10. The Balaban J connectivity index is 2.55. The Bertz CT molecular complexity index is 535. The van der Waals surface area contributed by atoms with Gasteiger partial charge in [-0.15, -0.1) is 0 Å². The van der Waals surface area contributed by atoms with Crippen molar-refractivity contribution in [3.63, 3.8) is 0 Å². The first-order valence-corrected chi connectivity index (χ1v) is 5.80. The first kappa shape index (κ1) is 11.9. The van der Waals surface area contributed by atoms with Crippen LogP contribution in [0.15, 0.2) is 24.3 Å². The highest BCUT2D eigenvalue weighted by molar-refractivity contribution is 5.85. The highest BCUT2D eigenvalue weighted by Crippen LogP contribution is 2.26. The first-order valence-electron chi connectivity index (χ1n) is 5.80. The Morgan fingerprint density at radius 1 is 1.35 bits per heavy atom. The van der Waals surface area contributed by atoms with Crippen LogP contribution < -0.4 is 10.5 Å². The number of hydrogen-bond acceptors (Lipinski definition) is 3. The maximum Gasteiger partial charge on any atom is 0.130 e. The molecular weight excluding hydrogens is 212 g/mol. The molecule has 2 aromatic rings. The molecule has 1 aromatic heterocycles. The lowest BCUT2D eigenvalue weighted by atomic mass is 10.0. The van der Waals surface area contributed by atoms with Crippen molar-refractivity contribution in [2.45, 2.75) is 26.3 Å². The fraction of sp³-hybridized carbons (Fsp3) is 0.357. The Morgan fingerprint density at radius 2 is 2.12 bits per heavy atom. The van der Waals surface area contributed by atoms with Crippen molar-refractivity contribution in [2.75, 3.05) is 7.11 Å². The van der Waals surface area contributed by atoms with Crippen molar-refractivity contribution in [2.24, 2.45) is 5.73 Å². The highest BCUT2D eigenvalue weighted by atomic mass is 16.5. The fourth-order valence-corrected chi connectivity index (χ4v) is 2.04. The van der Waals surface area contributed by atoms with Gasteiger partial charge in [-0.3, -0.25) is 4.98 Å². The van der Waals surface area contributed by atoms with E-state index in [1.54, 1.807) is 7.11 Å². The second-order valence-corrected chi connectivity index (χ2v) is 4.50. The monoisotopic (exact) mass is 230 g/mol. The van der Waals surface area contributed by atoms with Gasteiger partial charge in [0.25, 0.3) is 0 Å². The number of benzene rings is 1. The summed E-state index contributed by atoms with van der Waals surface area (Å²) in [5.41, 5.74) is 8.97. The summed E-state index contributed by atoms with van der Waals surface area (Å²) in [7, 11) is 1.69. The van der Waals surface area contributed by atoms with Crippen molar-refractivity contribution in [3.05, 3.63) is 35.5 Å². The summed E-state index contributed by atoms with van der Waals surface area (Å²) >= 11 is 0. The van der Waals surface area contributed by atoms with Crippen LogP contribution in [0, 0.1) is 6.92 Å². The fourth-order valence-electron chi connectivity index (χ4n) is 2.04. The van der Waals surface area contributed by atoms with E-state index >= 15 is 0 Å². The smallest absolute Gasteiger partial charge is 0.130 e. The number of ether oxygens (including phenoxy) is 1. The van der Waals surface area contributed by atoms with Gasteiger partial charge in [0.15, 0.2) is 0 Å². The van der Waals surface area contributed by atoms with Crippen molar-refractivity contribution in [3.8, 4) is 5.75 Å². The predicted molar refractivity (Wildman–Crippen MR) is 70.4 cm³/mol. The van der Waals surface area contributed by atoms with E-state index in [0.717, 1.165) is 28.8 Å². The molecule has 3 heteroatoms. The van der Waals surface area contributed by atoms with Crippen LogP contribution in [0.25, 0.3) is 10.9 Å². The molecule has 2 N–H and O–H groups in total. The van der Waals surface area contributed by atoms with Crippen LogP contribution >= 0.6 is 0 Å². The Labute approximate surface area is 102 Å². The topological polar surface area (TPSA) is 48.1 Å². The Kier molecular flexibility index (Phi) is 3.29. The Hall–Kier alpha value is -1.61. The number of nitrogens with zero attached hydrogens (tertiary/aromatic N) is 1. The minimum atomic E-state index is 0.164. The van der Waals surface area contributed by atoms with Gasteiger partial charge in [0.2, 0.25) is 0 Å². The molecule has 17 heavy (non-hydrogen) atoms. The molecule has 2 rings (SSSR count). The molecule has 0 fully saturated rings. The maximum atomic E-state index is 5.82. The van der Waals surface area contributed by atoms with Gasteiger partial charge >= 0.3 is 0 Å². The Morgan fingerprint density at radius 3 is 2.76 bits per heavy atom. The van der Waals surface area contributed by atoms with E-state index in [1.807, 2.05) is 26.0 Å². The molecule has 0 saturated carbocycles. The molecule has 90 valence electrons. The molecular formula is C14H18N2O. The zero-order chi connectivity index (χ0) is 12.4. The number of nitrogens with two attached hydrogens (primary N) is 1. The average molecular weight is 230 g/mol. The number of pyridine rings is 1. The van der Waals surface area contributed by atoms with Crippen LogP contribution in [0.1, 0.15) is 18.2 Å². The molecule has 1 aromatic carbocycles. The first-order chi connectivity index (χ1) is 8.10. The molecule has 1 atom stereocenters. The van der Waals surface area contributed by atoms with Gasteiger partial charge in [0.1, 0.15) is 5.75 Å². The highest BCUT2D eigenvalue weighted by Gasteiger charge is 2.06. The van der Waals surface area contributed by atoms with Crippen LogP contribution in [-0.2, 0) is 6.42 Å². The predicted octanol–water partition coefficient (Wildman–Crippen LogP) is 2.44. The minimum Gasteiger partial charge on any atom is -0.496 e. The van der Waals surface area contributed by atoms with Crippen LogP contribution in [-0.4, -0.2) is 18.1 Å². The number of aromatic nitrogens is 1. The average Bonchev–Trinajstić information content (AvgIpc) is 2.27. The van der Waals surface area contributed by atoms with Crippen LogP contribution in [0.4, 0.5) is 0 Å². The zero-order valence-corrected chi connectivity index (χ0v) is 10.5. The van der Waals surface area contributed by atoms with E-state index in [9.17, 15) is 0 Å². The summed E-state index contributed by atoms with van der Waals surface area (Å²) in [5.74, 6) is 0.874. The number of fused-ring (bicyclic) bond motifs is 1. The molecule has 0 radical (unpaired) electrons. The minimum absolute atomic E-state index is 0.164. The molecule has 3 nitrogen and oxygen atoms in total. The SMILES string of the molecule is COc1cc(C)nc2ccc(CC(C)N)cc12. The van der Waals surface area contributed by atoms with Crippen LogP contribution in [0.2, 0.25) is 0 Å². The van der Waals surface area contributed by atoms with Gasteiger partial charge in [0.05, 0.1) is 12.6 Å². The van der Waals surface area contributed by atoms with E-state index in [0.29, 0.717) is 0 Å². The summed E-state index contributed by atoms with van der Waals surface area (Å²) in [6.45, 7) is 3.98. The molecule has 0 amide bonds. The van der Waals surface area contributed by atoms with Crippen LogP contribution in [0.3, 0.4) is 0 Å². The van der Waals surface area contributed by atoms with Gasteiger partial charge in [-0.1, -0.05) is 6.07 Å². The second-order valence-electron chi connectivity index (χ2n) is 4.50. The largest absolute Gasteiger partial charge is 0.496 e. The summed E-state index contributed by atoms with van der Waals surface area (Å²) in [6, 6.07) is 8.35. The van der Waals surface area contributed by atoms with Crippen molar-refractivity contribution in [1.82, 2.24) is 4.98 Å².